The predicted octanol–water partition coefficient (Wildman–Crippen LogP) is 3.70. The van der Waals surface area contributed by atoms with Gasteiger partial charge in [0, 0.05) is 10.9 Å². The molecule has 0 aliphatic rings. The molecule has 0 aliphatic carbocycles. The summed E-state index contributed by atoms with van der Waals surface area (Å²) in [5.74, 6) is 1.13. The van der Waals surface area contributed by atoms with E-state index in [4.69, 9.17) is 17.3 Å². The van der Waals surface area contributed by atoms with Gasteiger partial charge in [0.1, 0.15) is 5.82 Å². The van der Waals surface area contributed by atoms with Crippen LogP contribution in [0.2, 0.25) is 5.02 Å². The van der Waals surface area contributed by atoms with Crippen LogP contribution in [-0.2, 0) is 0 Å². The van der Waals surface area contributed by atoms with Gasteiger partial charge in [-0.3, -0.25) is 0 Å². The number of fused-ring (bicyclic) bond motifs is 1. The number of H-pyrrole nitrogens is 1. The van der Waals surface area contributed by atoms with E-state index in [0.29, 0.717) is 11.6 Å². The third kappa shape index (κ3) is 2.55. The van der Waals surface area contributed by atoms with Gasteiger partial charge in [-0.2, -0.15) is 0 Å². The van der Waals surface area contributed by atoms with Crippen molar-refractivity contribution in [3.8, 4) is 0 Å². The lowest BCUT2D eigenvalue weighted by Crippen LogP contribution is -2.10. The van der Waals surface area contributed by atoms with Crippen LogP contribution in [0.4, 0.5) is 0 Å². The van der Waals surface area contributed by atoms with E-state index in [1.165, 1.54) is 5.56 Å². The topological polar surface area (TPSA) is 54.7 Å². The van der Waals surface area contributed by atoms with Crippen LogP contribution < -0.4 is 5.73 Å². The molecule has 0 saturated heterocycles. The number of imidazole rings is 1. The zero-order chi connectivity index (χ0) is 13.9. The number of aromatic amines is 1. The Morgan fingerprint density at radius 1 is 1.15 bits per heavy atom. The molecule has 0 aliphatic heterocycles. The Hall–Kier alpha value is -1.84. The maximum Gasteiger partial charge on any atom is 0.114 e. The highest BCUT2D eigenvalue weighted by Gasteiger charge is 2.17. The quantitative estimate of drug-likeness (QED) is 0.768. The molecule has 0 spiro atoms. The lowest BCUT2D eigenvalue weighted by atomic mass is 9.95. The lowest BCUT2D eigenvalue weighted by Gasteiger charge is -2.13. The van der Waals surface area contributed by atoms with E-state index in [1.54, 1.807) is 0 Å². The number of halogens is 1. The van der Waals surface area contributed by atoms with Crippen molar-refractivity contribution < 1.29 is 0 Å². The fourth-order valence-electron chi connectivity index (χ4n) is 2.48. The molecule has 3 aromatic rings. The van der Waals surface area contributed by atoms with Crippen molar-refractivity contribution in [1.82, 2.24) is 9.97 Å². The number of nitrogens with two attached hydrogens (primary N) is 1. The third-order valence-corrected chi connectivity index (χ3v) is 3.68. The molecule has 3 N–H and O–H groups in total. The van der Waals surface area contributed by atoms with Crippen LogP contribution >= 0.6 is 11.6 Å². The fourth-order valence-corrected chi connectivity index (χ4v) is 2.65. The van der Waals surface area contributed by atoms with Crippen molar-refractivity contribution in [3.05, 3.63) is 64.9 Å². The molecule has 1 unspecified atom stereocenters. The van der Waals surface area contributed by atoms with Gasteiger partial charge in [-0.1, -0.05) is 41.9 Å². The van der Waals surface area contributed by atoms with Gasteiger partial charge in [-0.15, -0.1) is 0 Å². The summed E-state index contributed by atoms with van der Waals surface area (Å²) < 4.78 is 0. The molecule has 1 atom stereocenters. The van der Waals surface area contributed by atoms with Gasteiger partial charge in [-0.05, 0) is 36.7 Å². The Balaban J connectivity index is 2.05. The number of hydrogen-bond donors (Lipinski definition) is 2. The van der Waals surface area contributed by atoms with E-state index in [1.807, 2.05) is 36.4 Å². The van der Waals surface area contributed by atoms with Crippen LogP contribution in [0.3, 0.4) is 0 Å². The minimum atomic E-state index is 0.187. The first-order valence-corrected chi connectivity index (χ1v) is 7.06. The second kappa shape index (κ2) is 5.65. The van der Waals surface area contributed by atoms with E-state index < -0.39 is 0 Å². The number of aromatic nitrogens is 2. The standard InChI is InChI=1S/C16H16ClN3/c17-12-6-7-14-15(10-12)20-16(19-14)13(8-9-18)11-4-2-1-3-5-11/h1-7,10,13H,8-9,18H2,(H,19,20). The minimum absolute atomic E-state index is 0.187. The molecule has 3 nitrogen and oxygen atoms in total. The Bertz CT molecular complexity index is 706. The van der Waals surface area contributed by atoms with Crippen LogP contribution in [0.5, 0.6) is 0 Å². The highest BCUT2D eigenvalue weighted by Crippen LogP contribution is 2.28. The average molecular weight is 286 g/mol. The number of nitrogens with zero attached hydrogens (tertiary/aromatic N) is 1. The minimum Gasteiger partial charge on any atom is -0.341 e. The zero-order valence-electron chi connectivity index (χ0n) is 11.0. The molecule has 0 radical (unpaired) electrons. The molecule has 3 rings (SSSR count). The summed E-state index contributed by atoms with van der Waals surface area (Å²) in [6, 6.07) is 16.0. The van der Waals surface area contributed by atoms with E-state index in [0.717, 1.165) is 23.3 Å². The molecule has 20 heavy (non-hydrogen) atoms. The lowest BCUT2D eigenvalue weighted by molar-refractivity contribution is 0.692. The van der Waals surface area contributed by atoms with Crippen LogP contribution in [0.25, 0.3) is 11.0 Å². The smallest absolute Gasteiger partial charge is 0.114 e. The number of benzene rings is 2. The van der Waals surface area contributed by atoms with Gasteiger partial charge in [0.15, 0.2) is 0 Å². The van der Waals surface area contributed by atoms with Crippen molar-refractivity contribution >= 4 is 22.6 Å². The second-order valence-electron chi connectivity index (χ2n) is 4.82. The molecule has 4 heteroatoms. The van der Waals surface area contributed by atoms with Crippen molar-refractivity contribution in [1.29, 1.82) is 0 Å². The Kier molecular flexibility index (Phi) is 3.72. The largest absolute Gasteiger partial charge is 0.341 e. The molecule has 1 heterocycles. The fraction of sp³-hybridized carbons (Fsp3) is 0.188. The summed E-state index contributed by atoms with van der Waals surface area (Å²) in [6.45, 7) is 0.622. The summed E-state index contributed by atoms with van der Waals surface area (Å²) in [5, 5.41) is 0.711. The van der Waals surface area contributed by atoms with Crippen LogP contribution in [0.1, 0.15) is 23.7 Å². The number of nitrogens with one attached hydrogen (secondary N) is 1. The van der Waals surface area contributed by atoms with Gasteiger partial charge >= 0.3 is 0 Å². The molecular weight excluding hydrogens is 270 g/mol. The summed E-state index contributed by atoms with van der Waals surface area (Å²) in [4.78, 5) is 8.05. The molecule has 0 fully saturated rings. The van der Waals surface area contributed by atoms with Gasteiger partial charge in [-0.25, -0.2) is 4.98 Å². The average Bonchev–Trinajstić information content (AvgIpc) is 2.88. The SMILES string of the molecule is NCCC(c1ccccc1)c1nc2ccc(Cl)cc2[nH]1. The predicted molar refractivity (Wildman–Crippen MR) is 83.1 cm³/mol. The summed E-state index contributed by atoms with van der Waals surface area (Å²) in [7, 11) is 0. The first kappa shape index (κ1) is 13.2. The van der Waals surface area contributed by atoms with E-state index in [2.05, 4.69) is 22.1 Å². The maximum atomic E-state index is 6.02. The number of hydrogen-bond acceptors (Lipinski definition) is 2. The van der Waals surface area contributed by atoms with Crippen molar-refractivity contribution in [2.45, 2.75) is 12.3 Å². The van der Waals surface area contributed by atoms with E-state index in [9.17, 15) is 0 Å². The first-order chi connectivity index (χ1) is 9.78. The molecule has 0 amide bonds. The highest BCUT2D eigenvalue weighted by molar-refractivity contribution is 6.31. The Labute approximate surface area is 122 Å². The zero-order valence-corrected chi connectivity index (χ0v) is 11.8. The van der Waals surface area contributed by atoms with Crippen LogP contribution in [-0.4, -0.2) is 16.5 Å². The summed E-state index contributed by atoms with van der Waals surface area (Å²) in [6.07, 6.45) is 0.859. The van der Waals surface area contributed by atoms with E-state index in [-0.39, 0.29) is 5.92 Å². The molecule has 0 bridgehead atoms. The van der Waals surface area contributed by atoms with Crippen molar-refractivity contribution in [3.63, 3.8) is 0 Å². The molecular formula is C16H16ClN3. The van der Waals surface area contributed by atoms with Crippen molar-refractivity contribution in [2.24, 2.45) is 5.73 Å². The molecule has 2 aromatic carbocycles. The van der Waals surface area contributed by atoms with Crippen LogP contribution in [0.15, 0.2) is 48.5 Å². The van der Waals surface area contributed by atoms with Gasteiger partial charge in [0.2, 0.25) is 0 Å². The van der Waals surface area contributed by atoms with Crippen molar-refractivity contribution in [2.75, 3.05) is 6.54 Å². The highest BCUT2D eigenvalue weighted by atomic mass is 35.5. The van der Waals surface area contributed by atoms with Gasteiger partial charge in [0.05, 0.1) is 11.0 Å². The monoisotopic (exact) mass is 285 g/mol. The normalized spacial score (nSPS) is 12.7. The summed E-state index contributed by atoms with van der Waals surface area (Å²) in [5.41, 5.74) is 8.88. The summed E-state index contributed by atoms with van der Waals surface area (Å²) >= 11 is 6.02. The maximum absolute atomic E-state index is 6.02. The van der Waals surface area contributed by atoms with Gasteiger partial charge in [0.25, 0.3) is 0 Å². The van der Waals surface area contributed by atoms with Crippen LogP contribution in [0, 0.1) is 0 Å². The molecule has 0 saturated carbocycles. The number of rotatable bonds is 4. The molecule has 102 valence electrons. The molecule has 1 aromatic heterocycles. The van der Waals surface area contributed by atoms with Gasteiger partial charge < -0.3 is 10.7 Å². The third-order valence-electron chi connectivity index (χ3n) is 3.45. The first-order valence-electron chi connectivity index (χ1n) is 6.68. The Morgan fingerprint density at radius 3 is 2.70 bits per heavy atom. The second-order valence-corrected chi connectivity index (χ2v) is 5.26. The van der Waals surface area contributed by atoms with E-state index >= 15 is 0 Å². The Morgan fingerprint density at radius 2 is 1.95 bits per heavy atom.